The zero-order valence-corrected chi connectivity index (χ0v) is 13.0. The standard InChI is InChI=1S/C14H19Cl2N3O/c1-10(2)9-19-14(17)18-6-3-7-20-13-5-4-11(15)8-12(13)16/h4-5,8H,1,3,6-7,9H2,2H3,(H3,17,18,19). The summed E-state index contributed by atoms with van der Waals surface area (Å²) in [6.45, 7) is 7.40. The zero-order chi connectivity index (χ0) is 15.0. The van der Waals surface area contributed by atoms with E-state index in [-0.39, 0.29) is 0 Å². The number of aliphatic imine (C=N–C) groups is 1. The van der Waals surface area contributed by atoms with E-state index in [1.54, 1.807) is 18.2 Å². The fourth-order valence-corrected chi connectivity index (χ4v) is 1.80. The van der Waals surface area contributed by atoms with Gasteiger partial charge >= 0.3 is 0 Å². The van der Waals surface area contributed by atoms with E-state index in [1.807, 2.05) is 6.92 Å². The number of nitrogens with one attached hydrogen (secondary N) is 1. The van der Waals surface area contributed by atoms with E-state index < -0.39 is 0 Å². The molecule has 0 unspecified atom stereocenters. The molecule has 20 heavy (non-hydrogen) atoms. The summed E-state index contributed by atoms with van der Waals surface area (Å²) in [5, 5.41) is 4.10. The minimum Gasteiger partial charge on any atom is -0.492 e. The van der Waals surface area contributed by atoms with Gasteiger partial charge in [0.1, 0.15) is 5.75 Å². The third-order valence-corrected chi connectivity index (χ3v) is 2.83. The lowest BCUT2D eigenvalue weighted by molar-refractivity contribution is 0.311. The van der Waals surface area contributed by atoms with Gasteiger partial charge in [0, 0.05) is 11.6 Å². The first kappa shape index (κ1) is 16.7. The van der Waals surface area contributed by atoms with Gasteiger partial charge in [-0.2, -0.15) is 0 Å². The number of nitrogens with zero attached hydrogens (tertiary/aromatic N) is 1. The number of hydrogen-bond acceptors (Lipinski definition) is 2. The van der Waals surface area contributed by atoms with Crippen LogP contribution in [-0.4, -0.2) is 25.7 Å². The summed E-state index contributed by atoms with van der Waals surface area (Å²) in [6.07, 6.45) is 0.780. The van der Waals surface area contributed by atoms with E-state index in [9.17, 15) is 0 Å². The molecule has 3 N–H and O–H groups in total. The van der Waals surface area contributed by atoms with Crippen LogP contribution in [-0.2, 0) is 0 Å². The smallest absolute Gasteiger partial charge is 0.188 e. The van der Waals surface area contributed by atoms with Gasteiger partial charge in [0.25, 0.3) is 0 Å². The third-order valence-electron chi connectivity index (χ3n) is 2.30. The summed E-state index contributed by atoms with van der Waals surface area (Å²) in [4.78, 5) is 4.11. The van der Waals surface area contributed by atoms with E-state index >= 15 is 0 Å². The molecule has 6 heteroatoms. The van der Waals surface area contributed by atoms with E-state index in [4.69, 9.17) is 33.7 Å². The van der Waals surface area contributed by atoms with E-state index in [0.717, 1.165) is 12.0 Å². The maximum Gasteiger partial charge on any atom is 0.188 e. The van der Waals surface area contributed by atoms with Crippen molar-refractivity contribution in [1.29, 1.82) is 0 Å². The fraction of sp³-hybridized carbons (Fsp3) is 0.357. The normalized spacial score (nSPS) is 11.2. The number of benzene rings is 1. The lowest BCUT2D eigenvalue weighted by Gasteiger charge is -2.09. The van der Waals surface area contributed by atoms with Crippen LogP contribution in [0.25, 0.3) is 0 Å². The first-order valence-corrected chi connectivity index (χ1v) is 7.00. The highest BCUT2D eigenvalue weighted by Gasteiger charge is 2.01. The maximum absolute atomic E-state index is 5.99. The number of nitrogens with two attached hydrogens (primary N) is 1. The Balaban J connectivity index is 2.22. The molecule has 0 aromatic heterocycles. The average molecular weight is 316 g/mol. The Labute approximate surface area is 129 Å². The topological polar surface area (TPSA) is 59.6 Å². The van der Waals surface area contributed by atoms with Crippen molar-refractivity contribution < 1.29 is 4.74 Å². The minimum absolute atomic E-state index is 0.414. The van der Waals surface area contributed by atoms with Crippen molar-refractivity contribution in [1.82, 2.24) is 5.32 Å². The predicted molar refractivity (Wildman–Crippen MR) is 85.9 cm³/mol. The molecule has 0 radical (unpaired) electrons. The van der Waals surface area contributed by atoms with Gasteiger partial charge in [0.15, 0.2) is 5.96 Å². The molecular weight excluding hydrogens is 297 g/mol. The third kappa shape index (κ3) is 6.68. The van der Waals surface area contributed by atoms with Crippen molar-refractivity contribution in [3.63, 3.8) is 0 Å². The SMILES string of the molecule is C=C(C)CN=C(N)NCCCOc1ccc(Cl)cc1Cl. The molecule has 1 aromatic rings. The largest absolute Gasteiger partial charge is 0.492 e. The number of ether oxygens (including phenoxy) is 1. The van der Waals surface area contributed by atoms with Crippen LogP contribution in [0.4, 0.5) is 0 Å². The van der Waals surface area contributed by atoms with Crippen LogP contribution in [0.1, 0.15) is 13.3 Å². The van der Waals surface area contributed by atoms with E-state index in [0.29, 0.717) is 41.5 Å². The predicted octanol–water partition coefficient (Wildman–Crippen LogP) is 3.24. The summed E-state index contributed by atoms with van der Waals surface area (Å²) in [5.74, 6) is 1.04. The average Bonchev–Trinajstić information content (AvgIpc) is 2.38. The van der Waals surface area contributed by atoms with E-state index in [1.165, 1.54) is 0 Å². The second-order valence-corrected chi connectivity index (χ2v) is 5.21. The zero-order valence-electron chi connectivity index (χ0n) is 11.5. The van der Waals surface area contributed by atoms with Gasteiger partial charge < -0.3 is 15.8 Å². The van der Waals surface area contributed by atoms with Crippen LogP contribution in [0.15, 0.2) is 35.3 Å². The van der Waals surface area contributed by atoms with Gasteiger partial charge in [0.05, 0.1) is 18.2 Å². The number of hydrogen-bond donors (Lipinski definition) is 2. The molecule has 0 aliphatic heterocycles. The Kier molecular flexibility index (Phi) is 7.26. The van der Waals surface area contributed by atoms with Gasteiger partial charge in [-0.3, -0.25) is 0 Å². The second kappa shape index (κ2) is 8.72. The molecule has 4 nitrogen and oxygen atoms in total. The molecule has 0 saturated heterocycles. The first-order chi connectivity index (χ1) is 9.49. The summed E-state index contributed by atoms with van der Waals surface area (Å²) >= 11 is 11.8. The van der Waals surface area contributed by atoms with Crippen LogP contribution < -0.4 is 15.8 Å². The number of halogens is 2. The fourth-order valence-electron chi connectivity index (χ4n) is 1.34. The van der Waals surface area contributed by atoms with Gasteiger partial charge in [-0.25, -0.2) is 4.99 Å². The van der Waals surface area contributed by atoms with Crippen LogP contribution in [0.3, 0.4) is 0 Å². The lowest BCUT2D eigenvalue weighted by Crippen LogP contribution is -2.33. The Morgan fingerprint density at radius 1 is 1.45 bits per heavy atom. The van der Waals surface area contributed by atoms with E-state index in [2.05, 4.69) is 16.9 Å². The Hall–Kier alpha value is -1.39. The summed E-state index contributed by atoms with van der Waals surface area (Å²) < 4.78 is 5.55. The minimum atomic E-state index is 0.414. The Morgan fingerprint density at radius 2 is 2.20 bits per heavy atom. The Bertz CT molecular complexity index is 489. The van der Waals surface area contributed by atoms with Crippen molar-refractivity contribution >= 4 is 29.2 Å². The van der Waals surface area contributed by atoms with Crippen molar-refractivity contribution in [2.24, 2.45) is 10.7 Å². The van der Waals surface area contributed by atoms with Crippen LogP contribution in [0, 0.1) is 0 Å². The summed E-state index contributed by atoms with van der Waals surface area (Å²) in [7, 11) is 0. The highest BCUT2D eigenvalue weighted by molar-refractivity contribution is 6.35. The van der Waals surface area contributed by atoms with Gasteiger partial charge in [-0.05, 0) is 31.5 Å². The first-order valence-electron chi connectivity index (χ1n) is 6.25. The molecule has 0 aliphatic carbocycles. The van der Waals surface area contributed by atoms with Crippen molar-refractivity contribution in [2.45, 2.75) is 13.3 Å². The molecule has 0 atom stereocenters. The lowest BCUT2D eigenvalue weighted by atomic mass is 10.3. The monoisotopic (exact) mass is 315 g/mol. The maximum atomic E-state index is 5.99. The van der Waals surface area contributed by atoms with Crippen LogP contribution in [0.2, 0.25) is 10.0 Å². The molecule has 110 valence electrons. The molecule has 1 rings (SSSR count). The number of rotatable bonds is 7. The molecular formula is C14H19Cl2N3O. The van der Waals surface area contributed by atoms with Crippen molar-refractivity contribution in [3.8, 4) is 5.75 Å². The van der Waals surface area contributed by atoms with Crippen LogP contribution >= 0.6 is 23.2 Å². The highest BCUT2D eigenvalue weighted by atomic mass is 35.5. The second-order valence-electron chi connectivity index (χ2n) is 4.36. The van der Waals surface area contributed by atoms with Gasteiger partial charge in [0.2, 0.25) is 0 Å². The summed E-state index contributed by atoms with van der Waals surface area (Å²) in [6, 6.07) is 5.14. The molecule has 0 aliphatic rings. The van der Waals surface area contributed by atoms with Crippen molar-refractivity contribution in [3.05, 3.63) is 40.4 Å². The van der Waals surface area contributed by atoms with Crippen LogP contribution in [0.5, 0.6) is 5.75 Å². The Morgan fingerprint density at radius 3 is 2.85 bits per heavy atom. The molecule has 0 saturated carbocycles. The molecule has 1 aromatic carbocycles. The summed E-state index contributed by atoms with van der Waals surface area (Å²) in [5.41, 5.74) is 6.65. The quantitative estimate of drug-likeness (QED) is 0.351. The number of guanidine groups is 1. The van der Waals surface area contributed by atoms with Gasteiger partial charge in [-0.15, -0.1) is 0 Å². The van der Waals surface area contributed by atoms with Crippen molar-refractivity contribution in [2.75, 3.05) is 19.7 Å². The molecule has 0 fully saturated rings. The molecule has 0 spiro atoms. The molecule has 0 heterocycles. The molecule has 0 amide bonds. The molecule has 0 bridgehead atoms. The van der Waals surface area contributed by atoms with Gasteiger partial charge in [-0.1, -0.05) is 35.4 Å². The highest BCUT2D eigenvalue weighted by Crippen LogP contribution is 2.27.